The Kier molecular flexibility index (Phi) is 4.26. The van der Waals surface area contributed by atoms with Crippen molar-refractivity contribution in [3.63, 3.8) is 0 Å². The fourth-order valence-corrected chi connectivity index (χ4v) is 3.51. The SMILES string of the molecule is COC(=O)c1ccc(S(=O)(=O)N2CCCCCC2)o1. The maximum atomic E-state index is 12.3. The molecule has 1 fully saturated rings. The van der Waals surface area contributed by atoms with Gasteiger partial charge in [-0.3, -0.25) is 0 Å². The van der Waals surface area contributed by atoms with Crippen LogP contribution >= 0.6 is 0 Å². The van der Waals surface area contributed by atoms with Gasteiger partial charge in [0.25, 0.3) is 10.0 Å². The van der Waals surface area contributed by atoms with Crippen molar-refractivity contribution in [3.05, 3.63) is 17.9 Å². The first-order valence-electron chi connectivity index (χ1n) is 6.24. The number of hydrogen-bond acceptors (Lipinski definition) is 5. The van der Waals surface area contributed by atoms with E-state index in [9.17, 15) is 13.2 Å². The van der Waals surface area contributed by atoms with Gasteiger partial charge >= 0.3 is 5.97 Å². The van der Waals surface area contributed by atoms with Gasteiger partial charge in [0.15, 0.2) is 0 Å². The number of carbonyl (C=O) groups excluding carboxylic acids is 1. The molecule has 1 aliphatic heterocycles. The number of nitrogens with zero attached hydrogens (tertiary/aromatic N) is 1. The van der Waals surface area contributed by atoms with Crippen LogP contribution in [-0.4, -0.2) is 38.9 Å². The Balaban J connectivity index is 2.23. The summed E-state index contributed by atoms with van der Waals surface area (Å²) >= 11 is 0. The lowest BCUT2D eigenvalue weighted by Crippen LogP contribution is -2.31. The smallest absolute Gasteiger partial charge is 0.374 e. The number of esters is 1. The minimum Gasteiger partial charge on any atom is -0.463 e. The maximum absolute atomic E-state index is 12.3. The van der Waals surface area contributed by atoms with E-state index in [-0.39, 0.29) is 10.9 Å². The standard InChI is InChI=1S/C12H17NO5S/c1-17-12(14)10-6-7-11(18-10)19(15,16)13-8-4-2-3-5-9-13/h6-7H,2-5,8-9H2,1H3. The molecule has 0 radical (unpaired) electrons. The highest BCUT2D eigenvalue weighted by Gasteiger charge is 2.29. The summed E-state index contributed by atoms with van der Waals surface area (Å²) in [5.74, 6) is -0.784. The van der Waals surface area contributed by atoms with Crippen LogP contribution in [0.4, 0.5) is 0 Å². The lowest BCUT2D eigenvalue weighted by molar-refractivity contribution is 0.0558. The average molecular weight is 287 g/mol. The van der Waals surface area contributed by atoms with Gasteiger partial charge in [0, 0.05) is 13.1 Å². The van der Waals surface area contributed by atoms with Crippen molar-refractivity contribution in [2.75, 3.05) is 20.2 Å². The lowest BCUT2D eigenvalue weighted by Gasteiger charge is -2.17. The molecule has 19 heavy (non-hydrogen) atoms. The van der Waals surface area contributed by atoms with Crippen LogP contribution in [0, 0.1) is 0 Å². The van der Waals surface area contributed by atoms with Crippen molar-refractivity contribution in [3.8, 4) is 0 Å². The largest absolute Gasteiger partial charge is 0.463 e. The predicted octanol–water partition coefficient (Wildman–Crippen LogP) is 1.63. The third-order valence-corrected chi connectivity index (χ3v) is 4.90. The van der Waals surface area contributed by atoms with Gasteiger partial charge in [0.05, 0.1) is 7.11 Å². The van der Waals surface area contributed by atoms with Crippen LogP contribution < -0.4 is 0 Å². The zero-order valence-electron chi connectivity index (χ0n) is 10.8. The van der Waals surface area contributed by atoms with Crippen LogP contribution in [0.3, 0.4) is 0 Å². The summed E-state index contributed by atoms with van der Waals surface area (Å²) in [7, 11) is -2.43. The summed E-state index contributed by atoms with van der Waals surface area (Å²) in [6.07, 6.45) is 3.78. The van der Waals surface area contributed by atoms with E-state index in [2.05, 4.69) is 4.74 Å². The highest BCUT2D eigenvalue weighted by molar-refractivity contribution is 7.89. The zero-order chi connectivity index (χ0) is 13.9. The quantitative estimate of drug-likeness (QED) is 0.790. The molecule has 1 aliphatic rings. The molecule has 7 heteroatoms. The van der Waals surface area contributed by atoms with Crippen LogP contribution in [0.1, 0.15) is 36.2 Å². The predicted molar refractivity (Wildman–Crippen MR) is 67.3 cm³/mol. The zero-order valence-corrected chi connectivity index (χ0v) is 11.6. The second kappa shape index (κ2) is 5.75. The first-order chi connectivity index (χ1) is 9.05. The summed E-state index contributed by atoms with van der Waals surface area (Å²) in [4.78, 5) is 11.3. The van der Waals surface area contributed by atoms with E-state index in [1.807, 2.05) is 0 Å². The number of rotatable bonds is 3. The fraction of sp³-hybridized carbons (Fsp3) is 0.583. The third kappa shape index (κ3) is 2.98. The topological polar surface area (TPSA) is 76.8 Å². The van der Waals surface area contributed by atoms with Crippen molar-refractivity contribution in [2.24, 2.45) is 0 Å². The van der Waals surface area contributed by atoms with Crippen LogP contribution in [0.5, 0.6) is 0 Å². The van der Waals surface area contributed by atoms with Crippen molar-refractivity contribution >= 4 is 16.0 Å². The first-order valence-corrected chi connectivity index (χ1v) is 7.68. The molecule has 1 aromatic rings. The molecule has 0 amide bonds. The van der Waals surface area contributed by atoms with E-state index in [4.69, 9.17) is 4.42 Å². The van der Waals surface area contributed by atoms with Crippen molar-refractivity contribution < 1.29 is 22.4 Å². The molecule has 0 aromatic carbocycles. The van der Waals surface area contributed by atoms with E-state index in [0.29, 0.717) is 13.1 Å². The average Bonchev–Trinajstić information content (AvgIpc) is 2.74. The summed E-state index contributed by atoms with van der Waals surface area (Å²) in [5, 5.41) is -0.199. The van der Waals surface area contributed by atoms with Crippen LogP contribution in [-0.2, 0) is 14.8 Å². The number of carbonyl (C=O) groups is 1. The lowest BCUT2D eigenvalue weighted by atomic mass is 10.2. The van der Waals surface area contributed by atoms with Gasteiger partial charge in [-0.2, -0.15) is 4.31 Å². The normalized spacial score (nSPS) is 17.9. The molecule has 2 rings (SSSR count). The maximum Gasteiger partial charge on any atom is 0.374 e. The highest BCUT2D eigenvalue weighted by Crippen LogP contribution is 2.22. The molecule has 0 unspecified atom stereocenters. The Labute approximate surface area is 112 Å². The van der Waals surface area contributed by atoms with Gasteiger partial charge in [-0.05, 0) is 25.0 Å². The minimum atomic E-state index is -3.65. The van der Waals surface area contributed by atoms with Gasteiger partial charge < -0.3 is 9.15 Å². The van der Waals surface area contributed by atoms with E-state index in [1.54, 1.807) is 0 Å². The van der Waals surface area contributed by atoms with Gasteiger partial charge in [-0.15, -0.1) is 0 Å². The molecule has 0 spiro atoms. The summed E-state index contributed by atoms with van der Waals surface area (Å²) < 4.78 is 35.7. The molecule has 6 nitrogen and oxygen atoms in total. The van der Waals surface area contributed by atoms with Crippen LogP contribution in [0.25, 0.3) is 0 Å². The highest BCUT2D eigenvalue weighted by atomic mass is 32.2. The molecule has 0 saturated carbocycles. The fourth-order valence-electron chi connectivity index (χ4n) is 2.08. The van der Waals surface area contributed by atoms with Gasteiger partial charge in [0.1, 0.15) is 0 Å². The van der Waals surface area contributed by atoms with Gasteiger partial charge in [-0.25, -0.2) is 13.2 Å². The van der Waals surface area contributed by atoms with E-state index < -0.39 is 16.0 Å². The molecular formula is C12H17NO5S. The third-order valence-electron chi connectivity index (χ3n) is 3.13. The van der Waals surface area contributed by atoms with Crippen LogP contribution in [0.2, 0.25) is 0 Å². The van der Waals surface area contributed by atoms with E-state index in [1.165, 1.54) is 23.5 Å². The van der Waals surface area contributed by atoms with Crippen molar-refractivity contribution in [1.82, 2.24) is 4.31 Å². The van der Waals surface area contributed by atoms with Crippen molar-refractivity contribution in [2.45, 2.75) is 30.8 Å². The first kappa shape index (κ1) is 14.1. The minimum absolute atomic E-state index is 0.101. The van der Waals surface area contributed by atoms with E-state index in [0.717, 1.165) is 25.7 Å². The molecule has 1 saturated heterocycles. The second-order valence-electron chi connectivity index (χ2n) is 4.43. The number of furan rings is 1. The van der Waals surface area contributed by atoms with E-state index >= 15 is 0 Å². The summed E-state index contributed by atoms with van der Waals surface area (Å²) in [5.41, 5.74) is 0. The van der Waals surface area contributed by atoms with Crippen LogP contribution in [0.15, 0.2) is 21.6 Å². The summed E-state index contributed by atoms with van der Waals surface area (Å²) in [6.45, 7) is 0.993. The molecular weight excluding hydrogens is 270 g/mol. The number of hydrogen-bond donors (Lipinski definition) is 0. The second-order valence-corrected chi connectivity index (χ2v) is 6.30. The molecule has 0 bridgehead atoms. The Morgan fingerprint density at radius 1 is 1.21 bits per heavy atom. The summed E-state index contributed by atoms with van der Waals surface area (Å²) in [6, 6.07) is 2.61. The van der Waals surface area contributed by atoms with Crippen molar-refractivity contribution in [1.29, 1.82) is 0 Å². The molecule has 2 heterocycles. The number of methoxy groups -OCH3 is 1. The molecule has 0 aliphatic carbocycles. The van der Waals surface area contributed by atoms with Gasteiger partial charge in [0.2, 0.25) is 10.9 Å². The number of ether oxygens (including phenoxy) is 1. The van der Waals surface area contributed by atoms with Gasteiger partial charge in [-0.1, -0.05) is 12.8 Å². The Morgan fingerprint density at radius 3 is 2.42 bits per heavy atom. The Morgan fingerprint density at radius 2 is 1.84 bits per heavy atom. The molecule has 1 aromatic heterocycles. The molecule has 0 N–H and O–H groups in total. The number of sulfonamides is 1. The molecule has 106 valence electrons. The molecule has 0 atom stereocenters. The Hall–Kier alpha value is -1.34. The monoisotopic (exact) mass is 287 g/mol. The Bertz CT molecular complexity index is 540.